The van der Waals surface area contributed by atoms with Crippen LogP contribution in [0.5, 0.6) is 0 Å². The lowest BCUT2D eigenvalue weighted by molar-refractivity contribution is -0.128. The summed E-state index contributed by atoms with van der Waals surface area (Å²) in [6, 6.07) is 14.4. The minimum absolute atomic E-state index is 0.0427. The number of fused-ring (bicyclic) bond motifs is 1. The van der Waals surface area contributed by atoms with Gasteiger partial charge in [0.15, 0.2) is 0 Å². The van der Waals surface area contributed by atoms with Crippen LogP contribution in [0.3, 0.4) is 0 Å². The molecule has 0 bridgehead atoms. The van der Waals surface area contributed by atoms with Gasteiger partial charge in [0, 0.05) is 25.1 Å². The molecular formula is C28H32N4O4. The Labute approximate surface area is 211 Å². The monoisotopic (exact) mass is 488 g/mol. The maximum atomic E-state index is 13.1. The number of nitrogens with zero attached hydrogens (tertiary/aromatic N) is 2. The van der Waals surface area contributed by atoms with E-state index in [0.717, 1.165) is 35.1 Å². The molecule has 0 aliphatic carbocycles. The standard InChI is InChI=1S/C28H32N4O4/c1-28(2,3)36-27(35)32-13-5-4-6-24(32)26(34)31-22(16-29)14-18-7-9-19(10-8-18)20-11-12-23-21(15-20)17-30-25(23)33/h7-12,15,22,24H,4-6,13-14,17H2,1-3H3,(H,30,33)(H,31,34). The Morgan fingerprint density at radius 1 is 1.17 bits per heavy atom. The van der Waals surface area contributed by atoms with Crippen LogP contribution in [0, 0.1) is 11.3 Å². The maximum Gasteiger partial charge on any atom is 0.410 e. The Hall–Kier alpha value is -3.86. The van der Waals surface area contributed by atoms with Crippen LogP contribution in [0.4, 0.5) is 4.79 Å². The minimum Gasteiger partial charge on any atom is -0.444 e. The molecule has 0 saturated carbocycles. The lowest BCUT2D eigenvalue weighted by Crippen LogP contribution is -2.54. The van der Waals surface area contributed by atoms with E-state index >= 15 is 0 Å². The van der Waals surface area contributed by atoms with Gasteiger partial charge in [-0.15, -0.1) is 0 Å². The molecule has 2 heterocycles. The molecule has 0 aromatic heterocycles. The quantitative estimate of drug-likeness (QED) is 0.662. The number of hydrogen-bond donors (Lipinski definition) is 2. The molecule has 2 aromatic carbocycles. The number of nitrogens with one attached hydrogen (secondary N) is 2. The molecule has 3 amide bonds. The average Bonchev–Trinajstić information content (AvgIpc) is 3.23. The average molecular weight is 489 g/mol. The van der Waals surface area contributed by atoms with Crippen molar-refractivity contribution < 1.29 is 19.1 Å². The van der Waals surface area contributed by atoms with Crippen LogP contribution in [-0.4, -0.2) is 47.0 Å². The number of ether oxygens (including phenoxy) is 1. The van der Waals surface area contributed by atoms with Gasteiger partial charge in [0.25, 0.3) is 5.91 Å². The smallest absolute Gasteiger partial charge is 0.410 e. The second-order valence-electron chi connectivity index (χ2n) is 10.3. The van der Waals surface area contributed by atoms with E-state index in [1.165, 1.54) is 4.90 Å². The number of carbonyl (C=O) groups is 3. The van der Waals surface area contributed by atoms with Crippen molar-refractivity contribution in [2.45, 2.75) is 70.7 Å². The molecule has 2 aliphatic rings. The molecule has 188 valence electrons. The predicted octanol–water partition coefficient (Wildman–Crippen LogP) is 3.94. The van der Waals surface area contributed by atoms with Crippen LogP contribution in [0.15, 0.2) is 42.5 Å². The molecule has 0 spiro atoms. The summed E-state index contributed by atoms with van der Waals surface area (Å²) in [6.45, 7) is 6.38. The molecule has 1 saturated heterocycles. The van der Waals surface area contributed by atoms with Crippen LogP contribution < -0.4 is 10.6 Å². The van der Waals surface area contributed by atoms with E-state index in [4.69, 9.17) is 4.74 Å². The summed E-state index contributed by atoms with van der Waals surface area (Å²) in [6.07, 6.45) is 2.04. The third-order valence-electron chi connectivity index (χ3n) is 6.42. The Bertz CT molecular complexity index is 1190. The van der Waals surface area contributed by atoms with Gasteiger partial charge in [0.1, 0.15) is 17.7 Å². The number of benzene rings is 2. The Kier molecular flexibility index (Phi) is 7.30. The molecule has 2 aromatic rings. The Balaban J connectivity index is 1.39. The van der Waals surface area contributed by atoms with Crippen LogP contribution >= 0.6 is 0 Å². The normalized spacial score (nSPS) is 18.0. The van der Waals surface area contributed by atoms with Gasteiger partial charge in [0.2, 0.25) is 5.91 Å². The van der Waals surface area contributed by atoms with Gasteiger partial charge >= 0.3 is 6.09 Å². The predicted molar refractivity (Wildman–Crippen MR) is 135 cm³/mol. The largest absolute Gasteiger partial charge is 0.444 e. The van der Waals surface area contributed by atoms with Crippen LogP contribution in [0.1, 0.15) is 61.5 Å². The summed E-state index contributed by atoms with van der Waals surface area (Å²) in [7, 11) is 0. The van der Waals surface area contributed by atoms with Crippen molar-refractivity contribution in [3.8, 4) is 17.2 Å². The summed E-state index contributed by atoms with van der Waals surface area (Å²) in [4.78, 5) is 39.0. The first-order valence-electron chi connectivity index (χ1n) is 12.3. The van der Waals surface area contributed by atoms with E-state index in [-0.39, 0.29) is 11.8 Å². The first-order chi connectivity index (χ1) is 17.1. The third-order valence-corrected chi connectivity index (χ3v) is 6.42. The molecule has 0 radical (unpaired) electrons. The highest BCUT2D eigenvalue weighted by molar-refractivity contribution is 5.98. The van der Waals surface area contributed by atoms with Crippen molar-refractivity contribution in [2.24, 2.45) is 0 Å². The molecule has 2 aliphatic heterocycles. The first kappa shape index (κ1) is 25.2. The zero-order valence-corrected chi connectivity index (χ0v) is 21.0. The summed E-state index contributed by atoms with van der Waals surface area (Å²) in [5.41, 5.74) is 3.99. The third kappa shape index (κ3) is 5.85. The van der Waals surface area contributed by atoms with Crippen LogP contribution in [0.25, 0.3) is 11.1 Å². The Morgan fingerprint density at radius 3 is 2.58 bits per heavy atom. The SMILES string of the molecule is CC(C)(C)OC(=O)N1CCCCC1C(=O)NC(C#N)Cc1ccc(-c2ccc3c(c2)CNC3=O)cc1. The highest BCUT2D eigenvalue weighted by Crippen LogP contribution is 2.26. The molecule has 8 heteroatoms. The van der Waals surface area contributed by atoms with Gasteiger partial charge in [-0.3, -0.25) is 14.5 Å². The summed E-state index contributed by atoms with van der Waals surface area (Å²) in [5, 5.41) is 15.4. The summed E-state index contributed by atoms with van der Waals surface area (Å²) in [5.74, 6) is -0.371. The molecule has 4 rings (SSSR count). The lowest BCUT2D eigenvalue weighted by Gasteiger charge is -2.36. The van der Waals surface area contributed by atoms with E-state index in [2.05, 4.69) is 16.7 Å². The highest BCUT2D eigenvalue weighted by atomic mass is 16.6. The van der Waals surface area contributed by atoms with Gasteiger partial charge in [-0.2, -0.15) is 5.26 Å². The topological polar surface area (TPSA) is 112 Å². The highest BCUT2D eigenvalue weighted by Gasteiger charge is 2.35. The molecule has 36 heavy (non-hydrogen) atoms. The van der Waals surface area contributed by atoms with Gasteiger partial charge in [-0.25, -0.2) is 4.79 Å². The van der Waals surface area contributed by atoms with Crippen molar-refractivity contribution in [1.82, 2.24) is 15.5 Å². The number of likely N-dealkylation sites (tertiary alicyclic amines) is 1. The van der Waals surface area contributed by atoms with Gasteiger partial charge in [0.05, 0.1) is 6.07 Å². The molecule has 1 fully saturated rings. The number of rotatable bonds is 5. The molecule has 8 nitrogen and oxygen atoms in total. The summed E-state index contributed by atoms with van der Waals surface area (Å²) >= 11 is 0. The molecule has 2 N–H and O–H groups in total. The van der Waals surface area contributed by atoms with Crippen molar-refractivity contribution in [2.75, 3.05) is 6.54 Å². The fourth-order valence-corrected chi connectivity index (χ4v) is 4.62. The van der Waals surface area contributed by atoms with Crippen molar-refractivity contribution in [1.29, 1.82) is 5.26 Å². The van der Waals surface area contributed by atoms with Gasteiger partial charge in [-0.1, -0.05) is 30.3 Å². The number of carbonyl (C=O) groups excluding carboxylic acids is 3. The first-order valence-corrected chi connectivity index (χ1v) is 12.3. The number of nitriles is 1. The number of amides is 3. The van der Waals surface area contributed by atoms with Crippen molar-refractivity contribution in [3.63, 3.8) is 0 Å². The zero-order valence-electron chi connectivity index (χ0n) is 21.0. The second kappa shape index (κ2) is 10.4. The lowest BCUT2D eigenvalue weighted by atomic mass is 9.97. The summed E-state index contributed by atoms with van der Waals surface area (Å²) < 4.78 is 5.48. The van der Waals surface area contributed by atoms with Crippen LogP contribution in [-0.2, 0) is 22.5 Å². The van der Waals surface area contributed by atoms with Crippen LogP contribution in [0.2, 0.25) is 0 Å². The number of hydrogen-bond acceptors (Lipinski definition) is 5. The van der Waals surface area contributed by atoms with Gasteiger partial charge < -0.3 is 15.4 Å². The minimum atomic E-state index is -0.720. The van der Waals surface area contributed by atoms with E-state index < -0.39 is 23.8 Å². The van der Waals surface area contributed by atoms with E-state index in [1.807, 2.05) is 42.5 Å². The fraction of sp³-hybridized carbons (Fsp3) is 0.429. The van der Waals surface area contributed by atoms with E-state index in [1.54, 1.807) is 20.8 Å². The van der Waals surface area contributed by atoms with E-state index in [9.17, 15) is 19.6 Å². The number of piperidine rings is 1. The zero-order chi connectivity index (χ0) is 25.9. The van der Waals surface area contributed by atoms with Crippen molar-refractivity contribution in [3.05, 3.63) is 59.2 Å². The molecule has 2 unspecified atom stereocenters. The maximum absolute atomic E-state index is 13.1. The Morgan fingerprint density at radius 2 is 1.89 bits per heavy atom. The van der Waals surface area contributed by atoms with Gasteiger partial charge in [-0.05, 0) is 74.4 Å². The van der Waals surface area contributed by atoms with E-state index in [0.29, 0.717) is 31.5 Å². The molecule has 2 atom stereocenters. The van der Waals surface area contributed by atoms with Crippen molar-refractivity contribution >= 4 is 17.9 Å². The molecular weight excluding hydrogens is 456 g/mol. The second-order valence-corrected chi connectivity index (χ2v) is 10.3. The fourth-order valence-electron chi connectivity index (χ4n) is 4.62.